The molecule has 0 aliphatic heterocycles. The zero-order chi connectivity index (χ0) is 6.69. The van der Waals surface area contributed by atoms with Crippen LogP contribution in [0, 0.1) is 10.1 Å². The van der Waals surface area contributed by atoms with E-state index < -0.39 is 0 Å². The lowest BCUT2D eigenvalue weighted by Crippen LogP contribution is -2.22. The third-order valence-corrected chi connectivity index (χ3v) is 0.890. The Labute approximate surface area is 51.3 Å². The van der Waals surface area contributed by atoms with Crippen LogP contribution in [0.5, 0.6) is 0 Å². The quantitative estimate of drug-likeness (QED) is 0.314. The molecule has 0 aliphatic carbocycles. The predicted molar refractivity (Wildman–Crippen MR) is 30.9 cm³/mol. The van der Waals surface area contributed by atoms with Crippen LogP contribution in [0.25, 0.3) is 0 Å². The van der Waals surface area contributed by atoms with Crippen LogP contribution in [0.15, 0.2) is 29.7 Å². The molecule has 0 unspecified atom stereocenters. The number of hydrogen-bond acceptors (Lipinski definition) is 3. The number of nitroso groups, excluding NO2 is 1. The fourth-order valence-corrected chi connectivity index (χ4v) is 0.466. The number of pyridine rings is 1. The SMILES string of the molecule is O=Nc1cc[n+]([O-])cc1. The Hall–Kier alpha value is -1.45. The highest BCUT2D eigenvalue weighted by Crippen LogP contribution is 2.04. The van der Waals surface area contributed by atoms with Crippen LogP contribution in [-0.4, -0.2) is 0 Å². The molecule has 46 valence electrons. The topological polar surface area (TPSA) is 56.4 Å². The highest BCUT2D eigenvalue weighted by molar-refractivity contribution is 5.31. The molecule has 4 heteroatoms. The van der Waals surface area contributed by atoms with Gasteiger partial charge in [-0.3, -0.25) is 0 Å². The van der Waals surface area contributed by atoms with Crippen LogP contribution < -0.4 is 4.73 Å². The molecule has 4 nitrogen and oxygen atoms in total. The minimum atomic E-state index is 0.266. The highest BCUT2D eigenvalue weighted by Gasteiger charge is 1.90. The van der Waals surface area contributed by atoms with Gasteiger partial charge in [-0.2, -0.15) is 4.73 Å². The molecular formula is C5H4N2O2. The Morgan fingerprint density at radius 1 is 1.44 bits per heavy atom. The lowest BCUT2D eigenvalue weighted by Gasteiger charge is -1.90. The molecule has 0 saturated carbocycles. The van der Waals surface area contributed by atoms with Gasteiger partial charge < -0.3 is 5.21 Å². The molecule has 0 aromatic carbocycles. The van der Waals surface area contributed by atoms with E-state index in [0.717, 1.165) is 0 Å². The van der Waals surface area contributed by atoms with E-state index in [-0.39, 0.29) is 5.69 Å². The zero-order valence-corrected chi connectivity index (χ0v) is 4.52. The maximum atomic E-state index is 10.3. The molecule has 0 N–H and O–H groups in total. The van der Waals surface area contributed by atoms with Crippen molar-refractivity contribution in [3.05, 3.63) is 34.6 Å². The van der Waals surface area contributed by atoms with E-state index >= 15 is 0 Å². The van der Waals surface area contributed by atoms with Crippen LogP contribution >= 0.6 is 0 Å². The Kier molecular flexibility index (Phi) is 1.40. The summed E-state index contributed by atoms with van der Waals surface area (Å²) in [6.45, 7) is 0. The Balaban J connectivity index is 3.01. The molecule has 1 heterocycles. The van der Waals surface area contributed by atoms with Crippen LogP contribution in [0.1, 0.15) is 0 Å². The largest absolute Gasteiger partial charge is 0.619 e. The summed E-state index contributed by atoms with van der Waals surface area (Å²) >= 11 is 0. The van der Waals surface area contributed by atoms with Gasteiger partial charge in [0.1, 0.15) is 5.69 Å². The summed E-state index contributed by atoms with van der Waals surface area (Å²) in [6.07, 6.45) is 2.44. The van der Waals surface area contributed by atoms with Gasteiger partial charge in [-0.15, -0.1) is 4.91 Å². The number of rotatable bonds is 1. The molecule has 0 bridgehead atoms. The maximum Gasteiger partial charge on any atom is 0.182 e. The summed E-state index contributed by atoms with van der Waals surface area (Å²) in [7, 11) is 0. The number of hydrogen-bond donors (Lipinski definition) is 0. The molecule has 1 aromatic heterocycles. The van der Waals surface area contributed by atoms with Crippen LogP contribution in [0.2, 0.25) is 0 Å². The van der Waals surface area contributed by atoms with Crippen LogP contribution in [-0.2, 0) is 0 Å². The van der Waals surface area contributed by atoms with Crippen molar-refractivity contribution >= 4 is 5.69 Å². The minimum Gasteiger partial charge on any atom is -0.619 e. The first kappa shape index (κ1) is 5.68. The first-order chi connectivity index (χ1) is 4.33. The summed E-state index contributed by atoms with van der Waals surface area (Å²) < 4.78 is 0.592. The van der Waals surface area contributed by atoms with Crippen molar-refractivity contribution in [3.63, 3.8) is 0 Å². The van der Waals surface area contributed by atoms with E-state index in [0.29, 0.717) is 4.73 Å². The molecule has 0 aliphatic rings. The van der Waals surface area contributed by atoms with E-state index in [2.05, 4.69) is 5.18 Å². The van der Waals surface area contributed by atoms with E-state index in [1.165, 1.54) is 24.5 Å². The van der Waals surface area contributed by atoms with Gasteiger partial charge in [-0.1, -0.05) is 0 Å². The summed E-state index contributed by atoms with van der Waals surface area (Å²) in [5, 5.41) is 12.9. The van der Waals surface area contributed by atoms with Crippen molar-refractivity contribution in [3.8, 4) is 0 Å². The second-order valence-electron chi connectivity index (χ2n) is 1.51. The van der Waals surface area contributed by atoms with Crippen molar-refractivity contribution in [2.24, 2.45) is 5.18 Å². The first-order valence-corrected chi connectivity index (χ1v) is 2.35. The van der Waals surface area contributed by atoms with Gasteiger partial charge in [-0.05, 0) is 5.18 Å². The van der Waals surface area contributed by atoms with Crippen LogP contribution in [0.3, 0.4) is 0 Å². The monoisotopic (exact) mass is 124 g/mol. The number of aromatic nitrogens is 1. The summed E-state index contributed by atoms with van der Waals surface area (Å²) in [6, 6.07) is 2.69. The van der Waals surface area contributed by atoms with E-state index in [4.69, 9.17) is 0 Å². The van der Waals surface area contributed by atoms with Crippen molar-refractivity contribution in [1.29, 1.82) is 0 Å². The van der Waals surface area contributed by atoms with Crippen molar-refractivity contribution in [2.45, 2.75) is 0 Å². The fraction of sp³-hybridized carbons (Fsp3) is 0. The molecule has 0 spiro atoms. The van der Waals surface area contributed by atoms with E-state index in [9.17, 15) is 10.1 Å². The Morgan fingerprint density at radius 2 is 2.00 bits per heavy atom. The molecule has 9 heavy (non-hydrogen) atoms. The number of nitrogens with zero attached hydrogens (tertiary/aromatic N) is 2. The molecule has 0 fully saturated rings. The van der Waals surface area contributed by atoms with Gasteiger partial charge in [-0.25, -0.2) is 0 Å². The minimum absolute atomic E-state index is 0.266. The molecule has 0 radical (unpaired) electrons. The van der Waals surface area contributed by atoms with Crippen LogP contribution in [0.4, 0.5) is 5.69 Å². The molecule has 0 amide bonds. The van der Waals surface area contributed by atoms with Gasteiger partial charge in [0.2, 0.25) is 0 Å². The zero-order valence-electron chi connectivity index (χ0n) is 4.52. The molecule has 0 saturated heterocycles. The third-order valence-electron chi connectivity index (χ3n) is 0.890. The second-order valence-corrected chi connectivity index (χ2v) is 1.51. The van der Waals surface area contributed by atoms with Crippen molar-refractivity contribution in [1.82, 2.24) is 0 Å². The van der Waals surface area contributed by atoms with Gasteiger partial charge in [0.15, 0.2) is 12.4 Å². The average Bonchev–Trinajstić information content (AvgIpc) is 1.90. The average molecular weight is 124 g/mol. The summed E-state index contributed by atoms with van der Waals surface area (Å²) in [5.74, 6) is 0. The summed E-state index contributed by atoms with van der Waals surface area (Å²) in [5.41, 5.74) is 0.266. The van der Waals surface area contributed by atoms with E-state index in [1.54, 1.807) is 0 Å². The predicted octanol–water partition coefficient (Wildman–Crippen LogP) is 0.718. The summed E-state index contributed by atoms with van der Waals surface area (Å²) in [4.78, 5) is 9.76. The maximum absolute atomic E-state index is 10.3. The molecule has 1 aromatic rings. The van der Waals surface area contributed by atoms with Crippen molar-refractivity contribution < 1.29 is 4.73 Å². The van der Waals surface area contributed by atoms with Gasteiger partial charge >= 0.3 is 0 Å². The molecular weight excluding hydrogens is 120 g/mol. The normalized spacial score (nSPS) is 8.89. The second kappa shape index (κ2) is 2.21. The van der Waals surface area contributed by atoms with Crippen molar-refractivity contribution in [2.75, 3.05) is 0 Å². The lowest BCUT2D eigenvalue weighted by atomic mass is 10.4. The first-order valence-electron chi connectivity index (χ1n) is 2.35. The van der Waals surface area contributed by atoms with E-state index in [1.807, 2.05) is 0 Å². The van der Waals surface area contributed by atoms with Gasteiger partial charge in [0.05, 0.1) is 0 Å². The standard InChI is InChI=1S/C5H4N2O2/c8-6-5-1-3-7(9)4-2-5/h1-4H. The van der Waals surface area contributed by atoms with Gasteiger partial charge in [0, 0.05) is 12.1 Å². The smallest absolute Gasteiger partial charge is 0.182 e. The Morgan fingerprint density at radius 3 is 2.44 bits per heavy atom. The third kappa shape index (κ3) is 1.22. The van der Waals surface area contributed by atoms with Gasteiger partial charge in [0.25, 0.3) is 0 Å². The molecule has 1 rings (SSSR count). The Bertz CT molecular complexity index is 207. The molecule has 0 atom stereocenters. The highest BCUT2D eigenvalue weighted by atomic mass is 16.5. The fourth-order valence-electron chi connectivity index (χ4n) is 0.466. The lowest BCUT2D eigenvalue weighted by molar-refractivity contribution is -0.605.